The van der Waals surface area contributed by atoms with Gasteiger partial charge in [0, 0.05) is 30.3 Å². The van der Waals surface area contributed by atoms with E-state index in [1.165, 1.54) is 18.3 Å². The highest BCUT2D eigenvalue weighted by atomic mass is 19.3. The van der Waals surface area contributed by atoms with Crippen molar-refractivity contribution in [2.45, 2.75) is 25.3 Å². The molecule has 3 aromatic rings. The fourth-order valence-corrected chi connectivity index (χ4v) is 3.52. The molecule has 0 amide bonds. The smallest absolute Gasteiger partial charge is 0.275 e. The van der Waals surface area contributed by atoms with Crippen LogP contribution in [0, 0.1) is 23.7 Å². The third kappa shape index (κ3) is 3.31. The van der Waals surface area contributed by atoms with Crippen molar-refractivity contribution >= 4 is 17.1 Å². The predicted molar refractivity (Wildman–Crippen MR) is 104 cm³/mol. The molecule has 0 bridgehead atoms. The maximum absolute atomic E-state index is 14.7. The molecule has 2 aromatic carbocycles. The van der Waals surface area contributed by atoms with Gasteiger partial charge < -0.3 is 15.5 Å². The van der Waals surface area contributed by atoms with Crippen LogP contribution < -0.4 is 11.1 Å². The first kappa shape index (κ1) is 18.6. The van der Waals surface area contributed by atoms with Gasteiger partial charge in [-0.2, -0.15) is 5.26 Å². The minimum atomic E-state index is -3.02. The number of oxazole rings is 1. The van der Waals surface area contributed by atoms with Gasteiger partial charge in [0.2, 0.25) is 0 Å². The van der Waals surface area contributed by atoms with E-state index in [-0.39, 0.29) is 11.5 Å². The topological polar surface area (TPSA) is 112 Å². The molecule has 0 radical (unpaired) electrons. The molecule has 146 valence electrons. The second-order valence-electron chi connectivity index (χ2n) is 6.96. The van der Waals surface area contributed by atoms with Crippen molar-refractivity contribution in [3.63, 3.8) is 0 Å². The molecule has 6 nitrogen and oxygen atoms in total. The number of aromatic nitrogens is 1. The number of rotatable bonds is 4. The van der Waals surface area contributed by atoms with Crippen LogP contribution >= 0.6 is 0 Å². The Morgan fingerprint density at radius 2 is 2.14 bits per heavy atom. The zero-order valence-corrected chi connectivity index (χ0v) is 15.5. The van der Waals surface area contributed by atoms with Crippen LogP contribution in [0.15, 0.2) is 47.0 Å². The molecule has 0 saturated heterocycles. The Morgan fingerprint density at radius 3 is 2.83 bits per heavy atom. The maximum Gasteiger partial charge on any atom is 0.275 e. The van der Waals surface area contributed by atoms with Crippen LogP contribution in [0.3, 0.4) is 0 Å². The summed E-state index contributed by atoms with van der Waals surface area (Å²) in [5.74, 6) is -2.36. The van der Waals surface area contributed by atoms with Crippen molar-refractivity contribution in [2.24, 2.45) is 0 Å². The Labute approximate surface area is 165 Å². The lowest BCUT2D eigenvalue weighted by molar-refractivity contribution is -0.00705. The summed E-state index contributed by atoms with van der Waals surface area (Å²) in [6, 6.07) is 10.0. The molecule has 1 atom stereocenters. The Bertz CT molecular complexity index is 1160. The Hall–Kier alpha value is -3.73. The summed E-state index contributed by atoms with van der Waals surface area (Å²) in [5, 5.41) is 20.2. The Balaban J connectivity index is 1.67. The van der Waals surface area contributed by atoms with Crippen molar-refractivity contribution in [1.82, 2.24) is 4.98 Å². The van der Waals surface area contributed by atoms with E-state index in [0.717, 1.165) is 0 Å². The second-order valence-corrected chi connectivity index (χ2v) is 6.96. The summed E-state index contributed by atoms with van der Waals surface area (Å²) >= 11 is 0. The molecule has 0 spiro atoms. The summed E-state index contributed by atoms with van der Waals surface area (Å²) < 4.78 is 34.8. The highest BCUT2D eigenvalue weighted by Crippen LogP contribution is 2.45. The maximum atomic E-state index is 14.7. The molecule has 29 heavy (non-hydrogen) atoms. The van der Waals surface area contributed by atoms with Gasteiger partial charge >= 0.3 is 0 Å². The molecule has 0 saturated carbocycles. The number of hydrogen-bond donors (Lipinski definition) is 3. The largest absolute Gasteiger partial charge is 0.439 e. The molecule has 0 aliphatic heterocycles. The lowest BCUT2D eigenvalue weighted by Crippen LogP contribution is -2.28. The van der Waals surface area contributed by atoms with Gasteiger partial charge in [-0.3, -0.25) is 5.41 Å². The molecule has 1 heterocycles. The SMILES string of the molecule is Cc1ncc(C(=N)c2cc(NC3c4ccc(C#N)cc4CC3(F)F)ccc2N)o1. The van der Waals surface area contributed by atoms with Gasteiger partial charge in [0.25, 0.3) is 5.92 Å². The standard InChI is InChI=1S/C21H17F2N5O/c1-11-27-10-18(29-11)19(26)16-7-14(3-5-17(16)25)28-20-15-4-2-12(9-24)6-13(15)8-21(20,22)23/h2-7,10,20,26,28H,8,25H2,1H3. The number of benzene rings is 2. The summed E-state index contributed by atoms with van der Waals surface area (Å²) in [7, 11) is 0. The molecule has 1 unspecified atom stereocenters. The van der Waals surface area contributed by atoms with Crippen LogP contribution in [0.1, 0.15) is 39.9 Å². The average molecular weight is 393 g/mol. The fraction of sp³-hybridized carbons (Fsp3) is 0.190. The van der Waals surface area contributed by atoms with Crippen LogP contribution in [-0.4, -0.2) is 16.6 Å². The van der Waals surface area contributed by atoms with Crippen LogP contribution in [0.25, 0.3) is 0 Å². The van der Waals surface area contributed by atoms with Gasteiger partial charge in [-0.15, -0.1) is 0 Å². The lowest BCUT2D eigenvalue weighted by Gasteiger charge is -2.23. The summed E-state index contributed by atoms with van der Waals surface area (Å²) in [4.78, 5) is 3.97. The van der Waals surface area contributed by atoms with E-state index >= 15 is 0 Å². The van der Waals surface area contributed by atoms with Crippen molar-refractivity contribution in [3.8, 4) is 6.07 Å². The Kier molecular flexibility index (Phi) is 4.31. The zero-order valence-electron chi connectivity index (χ0n) is 15.5. The van der Waals surface area contributed by atoms with E-state index in [4.69, 9.17) is 20.8 Å². The number of nitrogens with two attached hydrogens (primary N) is 1. The first-order valence-corrected chi connectivity index (χ1v) is 8.87. The zero-order chi connectivity index (χ0) is 20.8. The first-order chi connectivity index (χ1) is 13.8. The number of alkyl halides is 2. The fourth-order valence-electron chi connectivity index (χ4n) is 3.52. The third-order valence-corrected chi connectivity index (χ3v) is 4.93. The van der Waals surface area contributed by atoms with Gasteiger partial charge in [-0.05, 0) is 41.5 Å². The van der Waals surface area contributed by atoms with E-state index in [0.29, 0.717) is 39.5 Å². The molecule has 0 fully saturated rings. The number of nitrogens with one attached hydrogen (secondary N) is 2. The number of nitriles is 1. The van der Waals surface area contributed by atoms with E-state index < -0.39 is 18.4 Å². The van der Waals surface area contributed by atoms with Gasteiger partial charge in [-0.1, -0.05) is 6.07 Å². The number of nitrogens with zero attached hydrogens (tertiary/aromatic N) is 2. The summed E-state index contributed by atoms with van der Waals surface area (Å²) in [6.45, 7) is 1.66. The molecule has 1 aliphatic rings. The normalized spacial score (nSPS) is 16.8. The van der Waals surface area contributed by atoms with Crippen LogP contribution in [0.4, 0.5) is 20.2 Å². The molecule has 4 rings (SSSR count). The van der Waals surface area contributed by atoms with Crippen LogP contribution in [0.2, 0.25) is 0 Å². The number of aryl methyl sites for hydroxylation is 1. The lowest BCUT2D eigenvalue weighted by atomic mass is 10.0. The summed E-state index contributed by atoms with van der Waals surface area (Å²) in [6.07, 6.45) is 0.982. The van der Waals surface area contributed by atoms with E-state index in [2.05, 4.69) is 10.3 Å². The van der Waals surface area contributed by atoms with Crippen molar-refractivity contribution in [2.75, 3.05) is 11.1 Å². The number of halogens is 2. The minimum absolute atomic E-state index is 0.0176. The molecule has 8 heteroatoms. The highest BCUT2D eigenvalue weighted by Gasteiger charge is 2.47. The van der Waals surface area contributed by atoms with Crippen LogP contribution in [0.5, 0.6) is 0 Å². The second kappa shape index (κ2) is 6.71. The molecule has 1 aliphatic carbocycles. The van der Waals surface area contributed by atoms with E-state index in [1.54, 1.807) is 31.2 Å². The molecular weight excluding hydrogens is 376 g/mol. The summed E-state index contributed by atoms with van der Waals surface area (Å²) in [5.41, 5.74) is 8.35. The molecular formula is C21H17F2N5O. The average Bonchev–Trinajstić information content (AvgIpc) is 3.22. The van der Waals surface area contributed by atoms with E-state index in [1.807, 2.05) is 6.07 Å². The Morgan fingerprint density at radius 1 is 1.34 bits per heavy atom. The predicted octanol–water partition coefficient (Wildman–Crippen LogP) is 4.20. The molecule has 1 aromatic heterocycles. The molecule has 4 N–H and O–H groups in total. The van der Waals surface area contributed by atoms with Gasteiger partial charge in [-0.25, -0.2) is 13.8 Å². The third-order valence-electron chi connectivity index (χ3n) is 4.93. The van der Waals surface area contributed by atoms with Crippen molar-refractivity contribution < 1.29 is 13.2 Å². The van der Waals surface area contributed by atoms with Crippen molar-refractivity contribution in [1.29, 1.82) is 10.7 Å². The van der Waals surface area contributed by atoms with Gasteiger partial charge in [0.05, 0.1) is 17.8 Å². The van der Waals surface area contributed by atoms with Gasteiger partial charge in [0.1, 0.15) is 11.8 Å². The quantitative estimate of drug-likeness (QED) is 0.454. The van der Waals surface area contributed by atoms with Gasteiger partial charge in [0.15, 0.2) is 11.7 Å². The highest BCUT2D eigenvalue weighted by molar-refractivity contribution is 6.12. The van der Waals surface area contributed by atoms with Crippen LogP contribution in [-0.2, 0) is 6.42 Å². The number of nitrogen functional groups attached to an aromatic ring is 1. The van der Waals surface area contributed by atoms with Crippen molar-refractivity contribution in [3.05, 3.63) is 76.5 Å². The number of anilines is 2. The first-order valence-electron chi connectivity index (χ1n) is 8.87. The monoisotopic (exact) mass is 393 g/mol. The number of hydrogen-bond acceptors (Lipinski definition) is 6. The van der Waals surface area contributed by atoms with E-state index in [9.17, 15) is 8.78 Å². The number of fused-ring (bicyclic) bond motifs is 1. The minimum Gasteiger partial charge on any atom is -0.439 e.